The first-order chi connectivity index (χ1) is 10.6. The van der Waals surface area contributed by atoms with Crippen molar-refractivity contribution in [1.29, 1.82) is 5.26 Å². The van der Waals surface area contributed by atoms with Crippen LogP contribution in [0.5, 0.6) is 0 Å². The highest BCUT2D eigenvalue weighted by molar-refractivity contribution is 9.11. The molecule has 0 radical (unpaired) electrons. The Morgan fingerprint density at radius 3 is 2.22 bits per heavy atom. The number of nitriles is 1. The summed E-state index contributed by atoms with van der Waals surface area (Å²) in [5.41, 5.74) is 5.02. The number of benzene rings is 1. The van der Waals surface area contributed by atoms with Crippen LogP contribution >= 0.6 is 31.9 Å². The van der Waals surface area contributed by atoms with Crippen LogP contribution in [0.25, 0.3) is 5.69 Å². The predicted molar refractivity (Wildman–Crippen MR) is 85.4 cm³/mol. The molecule has 0 spiro atoms. The lowest BCUT2D eigenvalue weighted by Crippen LogP contribution is -2.09. The van der Waals surface area contributed by atoms with Crippen LogP contribution in [-0.4, -0.2) is 20.2 Å². The number of nitrogen functional groups attached to an aromatic ring is 1. The lowest BCUT2D eigenvalue weighted by Gasteiger charge is -2.13. The molecule has 1 atom stereocenters. The first-order valence-electron chi connectivity index (χ1n) is 5.76. The minimum Gasteiger partial charge on any atom is -0.383 e. The van der Waals surface area contributed by atoms with Crippen molar-refractivity contribution in [2.75, 3.05) is 12.0 Å². The molecule has 1 aromatic heterocycles. The van der Waals surface area contributed by atoms with Gasteiger partial charge in [-0.3, -0.25) is 4.21 Å². The summed E-state index contributed by atoms with van der Waals surface area (Å²) in [6, 6.07) is 3.51. The maximum absolute atomic E-state index is 12.8. The number of nitrogens with two attached hydrogens (primary N) is 1. The van der Waals surface area contributed by atoms with Gasteiger partial charge in [0.15, 0.2) is 5.69 Å². The Kier molecular flexibility index (Phi) is 4.89. The average Bonchev–Trinajstić information content (AvgIpc) is 2.74. The van der Waals surface area contributed by atoms with Crippen molar-refractivity contribution >= 4 is 48.5 Å². The molecular weight excluding hydrogens is 465 g/mol. The molecule has 122 valence electrons. The number of hydrogen-bond acceptors (Lipinski definition) is 4. The summed E-state index contributed by atoms with van der Waals surface area (Å²) in [5.74, 6) is -0.0801. The third kappa shape index (κ3) is 3.29. The molecule has 1 unspecified atom stereocenters. The Hall–Kier alpha value is -1.38. The Bertz CT molecular complexity index is 834. The van der Waals surface area contributed by atoms with E-state index >= 15 is 0 Å². The fourth-order valence-electron chi connectivity index (χ4n) is 1.88. The Balaban J connectivity index is 2.74. The van der Waals surface area contributed by atoms with E-state index in [-0.39, 0.29) is 31.0 Å². The van der Waals surface area contributed by atoms with Crippen molar-refractivity contribution in [2.24, 2.45) is 0 Å². The van der Waals surface area contributed by atoms with Gasteiger partial charge in [0, 0.05) is 15.2 Å². The van der Waals surface area contributed by atoms with E-state index in [0.29, 0.717) is 0 Å². The Labute approximate surface area is 148 Å². The van der Waals surface area contributed by atoms with Gasteiger partial charge in [0.05, 0.1) is 22.1 Å². The van der Waals surface area contributed by atoms with Gasteiger partial charge in [-0.05, 0) is 44.0 Å². The van der Waals surface area contributed by atoms with E-state index in [1.165, 1.54) is 6.26 Å². The SMILES string of the molecule is CS(=O)c1c(C#N)nn(-c2c(Br)cc(C(F)(F)F)cc2Br)c1N. The van der Waals surface area contributed by atoms with Crippen LogP contribution in [0.1, 0.15) is 11.3 Å². The number of nitrogens with zero attached hydrogens (tertiary/aromatic N) is 3. The lowest BCUT2D eigenvalue weighted by molar-refractivity contribution is -0.137. The normalized spacial score (nSPS) is 12.9. The monoisotopic (exact) mass is 470 g/mol. The lowest BCUT2D eigenvalue weighted by atomic mass is 10.2. The summed E-state index contributed by atoms with van der Waals surface area (Å²) in [6.07, 6.45) is -3.19. The molecule has 23 heavy (non-hydrogen) atoms. The molecule has 0 fully saturated rings. The van der Waals surface area contributed by atoms with Crippen molar-refractivity contribution in [2.45, 2.75) is 11.1 Å². The summed E-state index contributed by atoms with van der Waals surface area (Å²) in [4.78, 5) is 0.0335. The van der Waals surface area contributed by atoms with Crippen molar-refractivity contribution < 1.29 is 17.4 Å². The fraction of sp³-hybridized carbons (Fsp3) is 0.167. The molecule has 0 aliphatic carbocycles. The number of hydrogen-bond donors (Lipinski definition) is 1. The van der Waals surface area contributed by atoms with Crippen molar-refractivity contribution in [3.05, 3.63) is 32.3 Å². The van der Waals surface area contributed by atoms with E-state index in [0.717, 1.165) is 16.8 Å². The van der Waals surface area contributed by atoms with E-state index in [2.05, 4.69) is 37.0 Å². The summed E-state index contributed by atoms with van der Waals surface area (Å²) < 4.78 is 51.4. The van der Waals surface area contributed by atoms with Gasteiger partial charge in [-0.2, -0.15) is 23.5 Å². The largest absolute Gasteiger partial charge is 0.416 e. The van der Waals surface area contributed by atoms with Crippen LogP contribution in [0, 0.1) is 11.3 Å². The topological polar surface area (TPSA) is 84.7 Å². The van der Waals surface area contributed by atoms with Crippen molar-refractivity contribution in [3.8, 4) is 11.8 Å². The zero-order valence-electron chi connectivity index (χ0n) is 11.3. The molecular formula is C12H7Br2F3N4OS. The number of anilines is 1. The van der Waals surface area contributed by atoms with E-state index in [9.17, 15) is 17.4 Å². The Morgan fingerprint density at radius 1 is 1.35 bits per heavy atom. The minimum atomic E-state index is -4.52. The molecule has 5 nitrogen and oxygen atoms in total. The van der Waals surface area contributed by atoms with Gasteiger partial charge in [0.1, 0.15) is 16.8 Å². The molecule has 0 amide bonds. The van der Waals surface area contributed by atoms with Gasteiger partial charge in [-0.1, -0.05) is 0 Å². The maximum Gasteiger partial charge on any atom is 0.416 e. The summed E-state index contributed by atoms with van der Waals surface area (Å²) in [6.45, 7) is 0. The molecule has 0 saturated carbocycles. The van der Waals surface area contributed by atoms with Crippen LogP contribution in [-0.2, 0) is 17.0 Å². The maximum atomic E-state index is 12.8. The van der Waals surface area contributed by atoms with Gasteiger partial charge in [-0.25, -0.2) is 4.68 Å². The average molecular weight is 472 g/mol. The first kappa shape index (κ1) is 18.0. The van der Waals surface area contributed by atoms with E-state index in [1.54, 1.807) is 6.07 Å². The van der Waals surface area contributed by atoms with Crippen molar-refractivity contribution in [3.63, 3.8) is 0 Å². The van der Waals surface area contributed by atoms with Gasteiger partial charge in [-0.15, -0.1) is 0 Å². The van der Waals surface area contributed by atoms with Crippen LogP contribution in [0.2, 0.25) is 0 Å². The number of rotatable bonds is 2. The first-order valence-corrected chi connectivity index (χ1v) is 8.91. The summed E-state index contributed by atoms with van der Waals surface area (Å²) in [7, 11) is -1.58. The highest BCUT2D eigenvalue weighted by atomic mass is 79.9. The number of aromatic nitrogens is 2. The molecule has 0 saturated heterocycles. The third-order valence-electron chi connectivity index (χ3n) is 2.83. The molecule has 0 bridgehead atoms. The van der Waals surface area contributed by atoms with Crippen LogP contribution in [0.3, 0.4) is 0 Å². The second-order valence-electron chi connectivity index (χ2n) is 4.33. The summed E-state index contributed by atoms with van der Waals surface area (Å²) >= 11 is 6.10. The zero-order chi connectivity index (χ0) is 17.5. The fourth-order valence-corrected chi connectivity index (χ4v) is 4.14. The molecule has 1 heterocycles. The van der Waals surface area contributed by atoms with Crippen LogP contribution < -0.4 is 5.73 Å². The minimum absolute atomic E-state index is 0.0335. The standard InChI is InChI=1S/C12H7Br2F3N4OS/c1-23(22)10-8(4-18)20-21(11(10)19)9-6(13)2-5(3-7(9)14)12(15,16)17/h2-3H,19H2,1H3. The number of alkyl halides is 3. The quantitative estimate of drug-likeness (QED) is 0.725. The number of halogens is 5. The molecule has 0 aliphatic rings. The third-order valence-corrected chi connectivity index (χ3v) is 5.01. The van der Waals surface area contributed by atoms with Crippen LogP contribution in [0.15, 0.2) is 26.0 Å². The van der Waals surface area contributed by atoms with E-state index < -0.39 is 22.5 Å². The van der Waals surface area contributed by atoms with Gasteiger partial charge in [0.2, 0.25) is 0 Å². The predicted octanol–water partition coefficient (Wildman–Crippen LogP) is 3.61. The molecule has 0 aliphatic heterocycles. The smallest absolute Gasteiger partial charge is 0.383 e. The molecule has 1 aromatic carbocycles. The van der Waals surface area contributed by atoms with Crippen molar-refractivity contribution in [1.82, 2.24) is 9.78 Å². The van der Waals surface area contributed by atoms with Gasteiger partial charge >= 0.3 is 6.18 Å². The van der Waals surface area contributed by atoms with E-state index in [4.69, 9.17) is 11.0 Å². The molecule has 2 rings (SSSR count). The van der Waals surface area contributed by atoms with Gasteiger partial charge < -0.3 is 5.73 Å². The Morgan fingerprint density at radius 2 is 1.87 bits per heavy atom. The second-order valence-corrected chi connectivity index (χ2v) is 7.35. The highest BCUT2D eigenvalue weighted by Crippen LogP contribution is 2.39. The molecule has 2 N–H and O–H groups in total. The summed E-state index contributed by atoms with van der Waals surface area (Å²) in [5, 5.41) is 13.0. The molecule has 11 heteroatoms. The second kappa shape index (κ2) is 6.26. The molecule has 2 aromatic rings. The van der Waals surface area contributed by atoms with Gasteiger partial charge in [0.25, 0.3) is 0 Å². The van der Waals surface area contributed by atoms with Crippen LogP contribution in [0.4, 0.5) is 19.0 Å². The zero-order valence-corrected chi connectivity index (χ0v) is 15.3. The van der Waals surface area contributed by atoms with E-state index in [1.807, 2.05) is 0 Å². The highest BCUT2D eigenvalue weighted by Gasteiger charge is 2.32.